The van der Waals surface area contributed by atoms with Gasteiger partial charge >= 0.3 is 0 Å². The molecule has 1 aliphatic rings. The minimum Gasteiger partial charge on any atom is -0.285 e. The van der Waals surface area contributed by atoms with Gasteiger partial charge in [-0.05, 0) is 17.5 Å². The molecule has 1 aliphatic heterocycles. The maximum atomic E-state index is 5.85. The largest absolute Gasteiger partial charge is 0.285 e. The highest BCUT2D eigenvalue weighted by atomic mass is 35.5. The number of rotatable bonds is 4. The Kier molecular flexibility index (Phi) is 3.87. The summed E-state index contributed by atoms with van der Waals surface area (Å²) in [6.45, 7) is 4.30. The zero-order chi connectivity index (χ0) is 13.2. The van der Waals surface area contributed by atoms with Crippen molar-refractivity contribution in [2.24, 2.45) is 0 Å². The van der Waals surface area contributed by atoms with Crippen molar-refractivity contribution < 1.29 is 0 Å². The molecule has 0 aliphatic carbocycles. The molecule has 0 spiro atoms. The minimum absolute atomic E-state index is 0.411. The molecule has 1 aromatic carbocycles. The Labute approximate surface area is 123 Å². The molecule has 0 fully saturated rings. The van der Waals surface area contributed by atoms with Crippen molar-refractivity contribution in [1.82, 2.24) is 9.88 Å². The normalized spacial score (nSPS) is 16.5. The fourth-order valence-electron chi connectivity index (χ4n) is 2.71. The fraction of sp³-hybridized carbons (Fsp3) is 0.400. The molecule has 0 saturated heterocycles. The van der Waals surface area contributed by atoms with E-state index in [1.165, 1.54) is 16.1 Å². The van der Waals surface area contributed by atoms with Crippen molar-refractivity contribution in [2.75, 3.05) is 0 Å². The highest BCUT2D eigenvalue weighted by Gasteiger charge is 2.27. The lowest BCUT2D eigenvalue weighted by molar-refractivity contribution is 0.194. The van der Waals surface area contributed by atoms with Crippen LogP contribution >= 0.6 is 22.9 Å². The van der Waals surface area contributed by atoms with Gasteiger partial charge in [-0.25, -0.2) is 4.98 Å². The molecule has 1 unspecified atom stereocenters. The summed E-state index contributed by atoms with van der Waals surface area (Å²) in [5, 5.41) is 3.28. The molecule has 19 heavy (non-hydrogen) atoms. The van der Waals surface area contributed by atoms with Gasteiger partial charge in [-0.15, -0.1) is 22.9 Å². The Balaban J connectivity index is 1.81. The standard InChI is InChI=1S/C15H17ClN2S/c1-2-14(15-17-13(7-16)10-19-15)18-8-11-5-3-4-6-12(11)9-18/h3-6,10,14H,2,7-9H2,1H3. The second-order valence-electron chi connectivity index (χ2n) is 4.91. The Morgan fingerprint density at radius 2 is 2.00 bits per heavy atom. The molecule has 4 heteroatoms. The Morgan fingerprint density at radius 1 is 1.32 bits per heavy atom. The lowest BCUT2D eigenvalue weighted by Gasteiger charge is -2.24. The van der Waals surface area contributed by atoms with Crippen LogP contribution in [0, 0.1) is 0 Å². The van der Waals surface area contributed by atoms with Crippen molar-refractivity contribution in [1.29, 1.82) is 0 Å². The lowest BCUT2D eigenvalue weighted by Crippen LogP contribution is -2.22. The molecule has 2 heterocycles. The smallest absolute Gasteiger partial charge is 0.110 e. The van der Waals surface area contributed by atoms with E-state index in [1.807, 2.05) is 0 Å². The second kappa shape index (κ2) is 5.61. The number of thiazole rings is 1. The Morgan fingerprint density at radius 3 is 2.53 bits per heavy atom. The van der Waals surface area contributed by atoms with E-state index >= 15 is 0 Å². The van der Waals surface area contributed by atoms with Gasteiger partial charge in [-0.2, -0.15) is 0 Å². The summed E-state index contributed by atoms with van der Waals surface area (Å²) >= 11 is 7.59. The first-order chi connectivity index (χ1) is 9.31. The number of nitrogens with zero attached hydrogens (tertiary/aromatic N) is 2. The molecule has 0 amide bonds. The SMILES string of the molecule is CCC(c1nc(CCl)cs1)N1Cc2ccccc2C1. The van der Waals surface area contributed by atoms with E-state index in [2.05, 4.69) is 46.5 Å². The van der Waals surface area contributed by atoms with Crippen LogP contribution in [-0.4, -0.2) is 9.88 Å². The summed E-state index contributed by atoms with van der Waals surface area (Å²) < 4.78 is 0. The number of benzene rings is 1. The van der Waals surface area contributed by atoms with Crippen LogP contribution in [0.2, 0.25) is 0 Å². The second-order valence-corrected chi connectivity index (χ2v) is 6.07. The number of fused-ring (bicyclic) bond motifs is 1. The highest BCUT2D eigenvalue weighted by Crippen LogP contribution is 2.34. The Bertz CT molecular complexity index is 542. The fourth-order valence-corrected chi connectivity index (χ4v) is 3.97. The average molecular weight is 293 g/mol. The minimum atomic E-state index is 0.411. The molecule has 0 radical (unpaired) electrons. The quantitative estimate of drug-likeness (QED) is 0.779. The van der Waals surface area contributed by atoms with E-state index in [9.17, 15) is 0 Å². The zero-order valence-corrected chi connectivity index (χ0v) is 12.5. The first kappa shape index (κ1) is 13.1. The monoisotopic (exact) mass is 292 g/mol. The van der Waals surface area contributed by atoms with Gasteiger partial charge < -0.3 is 0 Å². The van der Waals surface area contributed by atoms with Crippen LogP contribution in [0.3, 0.4) is 0 Å². The third kappa shape index (κ3) is 2.55. The van der Waals surface area contributed by atoms with E-state index in [0.29, 0.717) is 11.9 Å². The molecule has 1 aromatic heterocycles. The van der Waals surface area contributed by atoms with E-state index in [-0.39, 0.29) is 0 Å². The van der Waals surface area contributed by atoms with Gasteiger partial charge in [0.25, 0.3) is 0 Å². The molecule has 3 rings (SSSR count). The van der Waals surface area contributed by atoms with E-state index in [4.69, 9.17) is 11.6 Å². The highest BCUT2D eigenvalue weighted by molar-refractivity contribution is 7.09. The van der Waals surface area contributed by atoms with Crippen molar-refractivity contribution in [2.45, 2.75) is 38.4 Å². The summed E-state index contributed by atoms with van der Waals surface area (Å²) in [6, 6.07) is 9.12. The van der Waals surface area contributed by atoms with Gasteiger partial charge in [-0.3, -0.25) is 4.90 Å². The number of aromatic nitrogens is 1. The van der Waals surface area contributed by atoms with Crippen LogP contribution in [0.1, 0.15) is 41.2 Å². The third-order valence-corrected chi connectivity index (χ3v) is 4.95. The molecule has 0 bridgehead atoms. The topological polar surface area (TPSA) is 16.1 Å². The Hall–Kier alpha value is -0.900. The maximum absolute atomic E-state index is 5.85. The molecule has 2 nitrogen and oxygen atoms in total. The van der Waals surface area contributed by atoms with Crippen LogP contribution in [0.25, 0.3) is 0 Å². The van der Waals surface area contributed by atoms with Gasteiger partial charge in [-0.1, -0.05) is 31.2 Å². The number of alkyl halides is 1. The van der Waals surface area contributed by atoms with Gasteiger partial charge in [0, 0.05) is 18.5 Å². The van der Waals surface area contributed by atoms with E-state index in [1.54, 1.807) is 11.3 Å². The van der Waals surface area contributed by atoms with Gasteiger partial charge in [0.15, 0.2) is 0 Å². The average Bonchev–Trinajstić information content (AvgIpc) is 3.05. The summed E-state index contributed by atoms with van der Waals surface area (Å²) in [5.74, 6) is 0.507. The lowest BCUT2D eigenvalue weighted by atomic mass is 10.1. The molecule has 2 aromatic rings. The van der Waals surface area contributed by atoms with E-state index in [0.717, 1.165) is 25.2 Å². The van der Waals surface area contributed by atoms with Crippen molar-refractivity contribution >= 4 is 22.9 Å². The first-order valence-corrected chi connectivity index (χ1v) is 8.04. The van der Waals surface area contributed by atoms with Crippen LogP contribution in [0.4, 0.5) is 0 Å². The van der Waals surface area contributed by atoms with Crippen molar-refractivity contribution in [3.63, 3.8) is 0 Å². The number of halogens is 1. The molecular formula is C15H17ClN2S. The first-order valence-electron chi connectivity index (χ1n) is 6.63. The summed E-state index contributed by atoms with van der Waals surface area (Å²) in [7, 11) is 0. The van der Waals surface area contributed by atoms with Crippen molar-refractivity contribution in [3.05, 3.63) is 51.5 Å². The summed E-state index contributed by atoms with van der Waals surface area (Å²) in [6.07, 6.45) is 1.09. The van der Waals surface area contributed by atoms with Crippen LogP contribution in [-0.2, 0) is 19.0 Å². The molecule has 1 atom stereocenters. The summed E-state index contributed by atoms with van der Waals surface area (Å²) in [5.41, 5.74) is 3.90. The van der Waals surface area contributed by atoms with E-state index < -0.39 is 0 Å². The van der Waals surface area contributed by atoms with Gasteiger partial charge in [0.05, 0.1) is 17.6 Å². The summed E-state index contributed by atoms with van der Waals surface area (Å²) in [4.78, 5) is 7.17. The zero-order valence-electron chi connectivity index (χ0n) is 11.0. The predicted octanol–water partition coefficient (Wildman–Crippen LogP) is 4.35. The van der Waals surface area contributed by atoms with Gasteiger partial charge in [0.2, 0.25) is 0 Å². The van der Waals surface area contributed by atoms with Crippen LogP contribution < -0.4 is 0 Å². The molecular weight excluding hydrogens is 276 g/mol. The molecule has 0 saturated carbocycles. The number of hydrogen-bond donors (Lipinski definition) is 0. The van der Waals surface area contributed by atoms with Gasteiger partial charge in [0.1, 0.15) is 5.01 Å². The molecule has 100 valence electrons. The molecule has 0 N–H and O–H groups in total. The van der Waals surface area contributed by atoms with Crippen LogP contribution in [0.15, 0.2) is 29.6 Å². The van der Waals surface area contributed by atoms with Crippen molar-refractivity contribution in [3.8, 4) is 0 Å². The number of hydrogen-bond acceptors (Lipinski definition) is 3. The maximum Gasteiger partial charge on any atom is 0.110 e. The predicted molar refractivity (Wildman–Crippen MR) is 80.4 cm³/mol. The third-order valence-electron chi connectivity index (χ3n) is 3.68. The van der Waals surface area contributed by atoms with Crippen LogP contribution in [0.5, 0.6) is 0 Å².